The maximum atomic E-state index is 12.0. The predicted octanol–water partition coefficient (Wildman–Crippen LogP) is 3.03. The summed E-state index contributed by atoms with van der Waals surface area (Å²) < 4.78 is 5.37. The number of halogens is 1. The summed E-state index contributed by atoms with van der Waals surface area (Å²) in [7, 11) is 0. The van der Waals surface area contributed by atoms with E-state index in [1.807, 2.05) is 26.8 Å². The second-order valence-electron chi connectivity index (χ2n) is 8.04. The fourth-order valence-electron chi connectivity index (χ4n) is 3.78. The van der Waals surface area contributed by atoms with Crippen molar-refractivity contribution in [3.8, 4) is 0 Å². The maximum Gasteiger partial charge on any atom is 0.407 e. The number of piperidine rings is 2. The summed E-state index contributed by atoms with van der Waals surface area (Å²) >= 11 is 5.90. The second kappa shape index (κ2) is 6.23. The number of nitrogens with zero attached hydrogens (tertiary/aromatic N) is 4. The molecule has 3 fully saturated rings. The number of aromatic nitrogens is 3. The number of ether oxygens (including phenoxy) is 1. The third kappa shape index (κ3) is 3.40. The number of carbonyl (C=O) groups is 1. The van der Waals surface area contributed by atoms with Gasteiger partial charge in [0.05, 0.1) is 6.20 Å². The molecule has 1 saturated carbocycles. The van der Waals surface area contributed by atoms with Crippen molar-refractivity contribution < 1.29 is 9.53 Å². The molecule has 1 N–H and O–H groups in total. The molecule has 138 valence electrons. The van der Waals surface area contributed by atoms with E-state index in [1.165, 1.54) is 0 Å². The third-order valence-electron chi connectivity index (χ3n) is 4.90. The normalized spacial score (nSPS) is 24.9. The lowest BCUT2D eigenvalue weighted by Gasteiger charge is -2.53. The highest BCUT2D eigenvalue weighted by molar-refractivity contribution is 6.29. The van der Waals surface area contributed by atoms with Gasteiger partial charge in [-0.25, -0.2) is 19.7 Å². The first-order valence-electron chi connectivity index (χ1n) is 8.82. The van der Waals surface area contributed by atoms with E-state index in [4.69, 9.17) is 16.3 Å². The first-order valence-corrected chi connectivity index (χ1v) is 9.20. The average molecular weight is 376 g/mol. The van der Waals surface area contributed by atoms with Gasteiger partial charge in [0, 0.05) is 19.1 Å². The molecule has 2 aromatic heterocycles. The Balaban J connectivity index is 1.42. The van der Waals surface area contributed by atoms with Gasteiger partial charge in [-0.15, -0.1) is 0 Å². The highest BCUT2D eigenvalue weighted by Gasteiger charge is 2.48. The van der Waals surface area contributed by atoms with E-state index in [0.29, 0.717) is 22.6 Å². The molecule has 1 aliphatic carbocycles. The summed E-state index contributed by atoms with van der Waals surface area (Å²) in [5.74, 6) is 1.65. The van der Waals surface area contributed by atoms with Crippen LogP contribution in [0.15, 0.2) is 18.3 Å². The molecule has 0 radical (unpaired) electrons. The van der Waals surface area contributed by atoms with E-state index in [1.54, 1.807) is 12.3 Å². The van der Waals surface area contributed by atoms with Crippen LogP contribution in [0.4, 0.5) is 10.6 Å². The van der Waals surface area contributed by atoms with Crippen molar-refractivity contribution in [2.45, 2.75) is 38.8 Å². The molecule has 0 aromatic carbocycles. The van der Waals surface area contributed by atoms with Crippen molar-refractivity contribution in [2.75, 3.05) is 18.0 Å². The molecule has 1 unspecified atom stereocenters. The number of carbonyl (C=O) groups excluding carboxylic acids is 1. The number of amides is 1. The molecule has 8 heteroatoms. The van der Waals surface area contributed by atoms with Gasteiger partial charge >= 0.3 is 6.09 Å². The molecule has 5 rings (SSSR count). The van der Waals surface area contributed by atoms with Crippen LogP contribution in [0.5, 0.6) is 0 Å². The molecule has 2 bridgehead atoms. The first kappa shape index (κ1) is 17.3. The predicted molar refractivity (Wildman–Crippen MR) is 99.3 cm³/mol. The van der Waals surface area contributed by atoms with Crippen molar-refractivity contribution in [3.05, 3.63) is 23.5 Å². The number of hydrogen-bond donors (Lipinski definition) is 1. The SMILES string of the molecule is CC(C)(C)OC(=O)NC1[C@@H]2C[C@H]1CN(c1cnc3nc(Cl)ccc3n1)C2. The fourth-order valence-corrected chi connectivity index (χ4v) is 3.92. The van der Waals surface area contributed by atoms with Crippen LogP contribution < -0.4 is 10.2 Å². The molecular weight excluding hydrogens is 354 g/mol. The summed E-state index contributed by atoms with van der Waals surface area (Å²) in [6, 6.07) is 3.73. The number of nitrogens with one attached hydrogen (secondary N) is 1. The van der Waals surface area contributed by atoms with Gasteiger partial charge in [-0.1, -0.05) is 11.6 Å². The largest absolute Gasteiger partial charge is 0.444 e. The standard InChI is InChI=1S/C18H22ClN5O2/c1-18(2,3)26-17(25)23-15-10-6-11(15)9-24(8-10)14-7-20-16-12(21-14)4-5-13(19)22-16/h4-5,7,10-11,15H,6,8-9H2,1-3H3,(H,23,25)/t10-,11+,15?. The number of pyridine rings is 1. The van der Waals surface area contributed by atoms with Crippen molar-refractivity contribution >= 4 is 34.7 Å². The second-order valence-corrected chi connectivity index (χ2v) is 8.43. The summed E-state index contributed by atoms with van der Waals surface area (Å²) in [4.78, 5) is 27.5. The minimum atomic E-state index is -0.480. The van der Waals surface area contributed by atoms with Crippen LogP contribution in [0.3, 0.4) is 0 Å². The van der Waals surface area contributed by atoms with Gasteiger partial charge in [-0.2, -0.15) is 0 Å². The Hall–Kier alpha value is -2.15. The lowest BCUT2D eigenvalue weighted by molar-refractivity contribution is 0.0283. The Morgan fingerprint density at radius 2 is 2.00 bits per heavy atom. The number of fused-ring (bicyclic) bond motifs is 3. The Kier molecular flexibility index (Phi) is 4.14. The third-order valence-corrected chi connectivity index (χ3v) is 5.11. The molecular formula is C18H22ClN5O2. The van der Waals surface area contributed by atoms with Gasteiger partial charge in [0.25, 0.3) is 0 Å². The molecule has 3 atom stereocenters. The van der Waals surface area contributed by atoms with Crippen molar-refractivity contribution in [2.24, 2.45) is 11.8 Å². The Morgan fingerprint density at radius 3 is 2.69 bits per heavy atom. The molecule has 7 nitrogen and oxygen atoms in total. The zero-order chi connectivity index (χ0) is 18.5. The van der Waals surface area contributed by atoms with Crippen molar-refractivity contribution in [1.29, 1.82) is 0 Å². The van der Waals surface area contributed by atoms with E-state index < -0.39 is 5.60 Å². The van der Waals surface area contributed by atoms with Crippen LogP contribution in [0.2, 0.25) is 5.15 Å². The van der Waals surface area contributed by atoms with Crippen molar-refractivity contribution in [3.63, 3.8) is 0 Å². The number of rotatable bonds is 2. The van der Waals surface area contributed by atoms with Crippen LogP contribution >= 0.6 is 11.6 Å². The summed E-state index contributed by atoms with van der Waals surface area (Å²) in [6.45, 7) is 7.30. The zero-order valence-electron chi connectivity index (χ0n) is 15.1. The van der Waals surface area contributed by atoms with Crippen molar-refractivity contribution in [1.82, 2.24) is 20.3 Å². The first-order chi connectivity index (χ1) is 12.3. The molecule has 2 saturated heterocycles. The van der Waals surface area contributed by atoms with Crippen LogP contribution in [0.25, 0.3) is 11.2 Å². The molecule has 4 heterocycles. The van der Waals surface area contributed by atoms with Crippen LogP contribution in [-0.4, -0.2) is 45.8 Å². The minimum Gasteiger partial charge on any atom is -0.444 e. The molecule has 0 spiro atoms. The fraction of sp³-hybridized carbons (Fsp3) is 0.556. The molecule has 2 aliphatic heterocycles. The van der Waals surface area contributed by atoms with Gasteiger partial charge in [0.1, 0.15) is 22.1 Å². The Bertz CT molecular complexity index is 841. The van der Waals surface area contributed by atoms with E-state index in [2.05, 4.69) is 25.2 Å². The zero-order valence-corrected chi connectivity index (χ0v) is 15.8. The highest BCUT2D eigenvalue weighted by atomic mass is 35.5. The molecule has 1 amide bonds. The van der Waals surface area contributed by atoms with E-state index in [-0.39, 0.29) is 12.1 Å². The lowest BCUT2D eigenvalue weighted by Crippen LogP contribution is -2.65. The van der Waals surface area contributed by atoms with Gasteiger partial charge in [0.2, 0.25) is 0 Å². The molecule has 2 aromatic rings. The van der Waals surface area contributed by atoms with Crippen LogP contribution in [0.1, 0.15) is 27.2 Å². The van der Waals surface area contributed by atoms with Gasteiger partial charge in [0.15, 0.2) is 5.65 Å². The maximum absolute atomic E-state index is 12.0. The summed E-state index contributed by atoms with van der Waals surface area (Å²) in [6.07, 6.45) is 2.53. The van der Waals surface area contributed by atoms with Crippen LogP contribution in [0, 0.1) is 11.8 Å². The topological polar surface area (TPSA) is 80.2 Å². The smallest absolute Gasteiger partial charge is 0.407 e. The van der Waals surface area contributed by atoms with Gasteiger partial charge in [-0.05, 0) is 51.2 Å². The minimum absolute atomic E-state index is 0.176. The monoisotopic (exact) mass is 375 g/mol. The summed E-state index contributed by atoms with van der Waals surface area (Å²) in [5, 5.41) is 3.45. The van der Waals surface area contributed by atoms with Gasteiger partial charge in [-0.3, -0.25) is 0 Å². The van der Waals surface area contributed by atoms with Crippen LogP contribution in [-0.2, 0) is 4.74 Å². The molecule has 26 heavy (non-hydrogen) atoms. The summed E-state index contributed by atoms with van der Waals surface area (Å²) in [5.41, 5.74) is 0.800. The highest BCUT2D eigenvalue weighted by Crippen LogP contribution is 2.41. The quantitative estimate of drug-likeness (QED) is 0.812. The average Bonchev–Trinajstić information content (AvgIpc) is 2.58. The number of anilines is 1. The number of hydrogen-bond acceptors (Lipinski definition) is 6. The molecule has 3 aliphatic rings. The Morgan fingerprint density at radius 1 is 1.27 bits per heavy atom. The van der Waals surface area contributed by atoms with E-state index >= 15 is 0 Å². The lowest BCUT2D eigenvalue weighted by atomic mass is 9.66. The Labute approximate surface area is 157 Å². The van der Waals surface area contributed by atoms with Gasteiger partial charge < -0.3 is 15.0 Å². The van der Waals surface area contributed by atoms with E-state index in [9.17, 15) is 4.79 Å². The number of alkyl carbamates (subject to hydrolysis) is 1. The van der Waals surface area contributed by atoms with E-state index in [0.717, 1.165) is 30.8 Å².